The zero-order chi connectivity index (χ0) is 21.3. The zero-order valence-corrected chi connectivity index (χ0v) is 15.9. The van der Waals surface area contributed by atoms with Crippen LogP contribution in [0.2, 0.25) is 0 Å². The molecule has 0 aliphatic heterocycles. The second-order valence-corrected chi connectivity index (χ2v) is 6.79. The van der Waals surface area contributed by atoms with Crippen molar-refractivity contribution in [3.8, 4) is 0 Å². The highest BCUT2D eigenvalue weighted by Crippen LogP contribution is 2.32. The standard InChI is InChI=1S/C22H16N2O6/c1-13(25)30-23-21(14-5-3-2-4-6-14)22(26)15-7-9-19-17(11-15)18-12-16(24(27)28)8-10-20(18)29-19/h2-5,7-12,14H,6H2,1H3/b23-21+. The molecule has 150 valence electrons. The molecule has 1 atom stereocenters. The fourth-order valence-electron chi connectivity index (χ4n) is 3.34. The van der Waals surface area contributed by atoms with E-state index < -0.39 is 16.7 Å². The van der Waals surface area contributed by atoms with E-state index in [1.54, 1.807) is 24.3 Å². The smallest absolute Gasteiger partial charge is 0.331 e. The van der Waals surface area contributed by atoms with Gasteiger partial charge in [-0.25, -0.2) is 4.79 Å². The molecule has 1 heterocycles. The monoisotopic (exact) mass is 404 g/mol. The maximum Gasteiger partial charge on any atom is 0.331 e. The van der Waals surface area contributed by atoms with Gasteiger partial charge in [-0.05, 0) is 30.7 Å². The quantitative estimate of drug-likeness (QED) is 0.200. The van der Waals surface area contributed by atoms with Gasteiger partial charge in [0.2, 0.25) is 5.78 Å². The number of carbonyl (C=O) groups excluding carboxylic acids is 2. The summed E-state index contributed by atoms with van der Waals surface area (Å²) in [4.78, 5) is 39.8. The number of benzene rings is 2. The molecule has 0 fully saturated rings. The third-order valence-electron chi connectivity index (χ3n) is 4.76. The molecular formula is C22H16N2O6. The van der Waals surface area contributed by atoms with Crippen LogP contribution < -0.4 is 0 Å². The van der Waals surface area contributed by atoms with E-state index in [-0.39, 0.29) is 17.3 Å². The number of furan rings is 1. The van der Waals surface area contributed by atoms with Gasteiger partial charge in [-0.2, -0.15) is 0 Å². The number of rotatable bonds is 5. The molecule has 8 nitrogen and oxygen atoms in total. The number of oxime groups is 1. The molecule has 2 aromatic carbocycles. The van der Waals surface area contributed by atoms with Crippen LogP contribution in [0.4, 0.5) is 5.69 Å². The number of nitrogens with zero attached hydrogens (tertiary/aromatic N) is 2. The van der Waals surface area contributed by atoms with Gasteiger partial charge in [-0.1, -0.05) is 29.5 Å². The summed E-state index contributed by atoms with van der Waals surface area (Å²) >= 11 is 0. The fourth-order valence-corrected chi connectivity index (χ4v) is 3.34. The van der Waals surface area contributed by atoms with Crippen molar-refractivity contribution in [1.82, 2.24) is 0 Å². The Kier molecular flexibility index (Phi) is 4.97. The number of allylic oxidation sites excluding steroid dienone is 4. The van der Waals surface area contributed by atoms with Crippen LogP contribution in [0.3, 0.4) is 0 Å². The number of hydrogen-bond acceptors (Lipinski definition) is 7. The van der Waals surface area contributed by atoms with Crippen molar-refractivity contribution in [2.75, 3.05) is 0 Å². The van der Waals surface area contributed by atoms with E-state index in [0.717, 1.165) is 0 Å². The Morgan fingerprint density at radius 2 is 1.87 bits per heavy atom. The summed E-state index contributed by atoms with van der Waals surface area (Å²) in [5, 5.41) is 16.0. The van der Waals surface area contributed by atoms with E-state index in [0.29, 0.717) is 33.9 Å². The molecule has 1 aromatic heterocycles. The summed E-state index contributed by atoms with van der Waals surface area (Å²) in [6, 6.07) is 9.14. The first-order valence-corrected chi connectivity index (χ1v) is 9.18. The van der Waals surface area contributed by atoms with Crippen molar-refractivity contribution in [2.45, 2.75) is 13.3 Å². The van der Waals surface area contributed by atoms with Gasteiger partial charge in [0.15, 0.2) is 0 Å². The van der Waals surface area contributed by atoms with Crippen molar-refractivity contribution < 1.29 is 23.8 Å². The number of non-ortho nitro benzene ring substituents is 1. The van der Waals surface area contributed by atoms with Crippen molar-refractivity contribution in [3.05, 3.63) is 76.4 Å². The molecule has 1 aliphatic carbocycles. The molecule has 30 heavy (non-hydrogen) atoms. The van der Waals surface area contributed by atoms with E-state index in [1.165, 1.54) is 25.1 Å². The number of carbonyl (C=O) groups is 2. The summed E-state index contributed by atoms with van der Waals surface area (Å²) in [5.74, 6) is -1.36. The SMILES string of the molecule is CC(=O)O/N=C(/C(=O)c1ccc2oc3ccc([N+](=O)[O-])cc3c2c1)C1C=CC=CC1. The minimum atomic E-state index is -0.626. The highest BCUT2D eigenvalue weighted by Gasteiger charge is 2.25. The van der Waals surface area contributed by atoms with Crippen LogP contribution in [0.1, 0.15) is 23.7 Å². The molecule has 1 unspecified atom stereocenters. The molecule has 0 amide bonds. The summed E-state index contributed by atoms with van der Waals surface area (Å²) in [6.07, 6.45) is 7.92. The molecule has 0 N–H and O–H groups in total. The normalized spacial score (nSPS) is 16.2. The molecule has 1 aliphatic rings. The lowest BCUT2D eigenvalue weighted by Crippen LogP contribution is -2.24. The molecular weight excluding hydrogens is 388 g/mol. The van der Waals surface area contributed by atoms with Gasteiger partial charge >= 0.3 is 5.97 Å². The second kappa shape index (κ2) is 7.75. The summed E-state index contributed by atoms with van der Waals surface area (Å²) in [5.41, 5.74) is 1.32. The van der Waals surface area contributed by atoms with Crippen LogP contribution in [-0.2, 0) is 9.63 Å². The Hall–Kier alpha value is -4.07. The largest absolute Gasteiger partial charge is 0.456 e. The lowest BCUT2D eigenvalue weighted by atomic mass is 9.90. The maximum atomic E-state index is 13.2. The molecule has 0 bridgehead atoms. The van der Waals surface area contributed by atoms with Gasteiger partial charge in [-0.3, -0.25) is 14.9 Å². The highest BCUT2D eigenvalue weighted by atomic mass is 16.7. The van der Waals surface area contributed by atoms with Gasteiger partial charge in [0, 0.05) is 41.3 Å². The van der Waals surface area contributed by atoms with Crippen LogP contribution in [0.5, 0.6) is 0 Å². The van der Waals surface area contributed by atoms with Crippen LogP contribution in [0.25, 0.3) is 21.9 Å². The molecule has 8 heteroatoms. The Labute approximate surface area is 170 Å². The topological polar surface area (TPSA) is 112 Å². The summed E-state index contributed by atoms with van der Waals surface area (Å²) in [7, 11) is 0. The number of Topliss-reactive ketones (excluding diaryl/α,β-unsaturated/α-hetero) is 1. The van der Waals surface area contributed by atoms with Gasteiger partial charge in [0.05, 0.1) is 4.92 Å². The number of hydrogen-bond donors (Lipinski definition) is 0. The summed E-state index contributed by atoms with van der Waals surface area (Å²) in [6.45, 7) is 1.21. The lowest BCUT2D eigenvalue weighted by Gasteiger charge is -2.14. The first-order chi connectivity index (χ1) is 14.4. The number of fused-ring (bicyclic) bond motifs is 3. The fraction of sp³-hybridized carbons (Fsp3) is 0.136. The Morgan fingerprint density at radius 3 is 2.53 bits per heavy atom. The average molecular weight is 404 g/mol. The van der Waals surface area contributed by atoms with E-state index in [1.807, 2.05) is 18.2 Å². The third kappa shape index (κ3) is 3.62. The van der Waals surface area contributed by atoms with E-state index in [9.17, 15) is 19.7 Å². The summed E-state index contributed by atoms with van der Waals surface area (Å²) < 4.78 is 5.72. The number of nitro benzene ring substituents is 1. The van der Waals surface area contributed by atoms with E-state index in [4.69, 9.17) is 9.25 Å². The highest BCUT2D eigenvalue weighted by molar-refractivity contribution is 6.47. The second-order valence-electron chi connectivity index (χ2n) is 6.79. The predicted octanol–water partition coefficient (Wildman–Crippen LogP) is 4.73. The minimum Gasteiger partial charge on any atom is -0.456 e. The zero-order valence-electron chi connectivity index (χ0n) is 15.9. The molecule has 0 saturated carbocycles. The Morgan fingerprint density at radius 1 is 1.13 bits per heavy atom. The first kappa shape index (κ1) is 19.3. The van der Waals surface area contributed by atoms with Gasteiger partial charge in [0.25, 0.3) is 5.69 Å². The van der Waals surface area contributed by atoms with Gasteiger partial charge < -0.3 is 9.25 Å². The molecule has 0 spiro atoms. The van der Waals surface area contributed by atoms with Gasteiger partial charge in [-0.15, -0.1) is 0 Å². The van der Waals surface area contributed by atoms with Gasteiger partial charge in [0.1, 0.15) is 16.9 Å². The first-order valence-electron chi connectivity index (χ1n) is 9.18. The Balaban J connectivity index is 1.79. The van der Waals surface area contributed by atoms with Crippen LogP contribution in [-0.4, -0.2) is 22.4 Å². The number of nitro groups is 1. The van der Waals surface area contributed by atoms with E-state index >= 15 is 0 Å². The lowest BCUT2D eigenvalue weighted by molar-refractivity contribution is -0.384. The predicted molar refractivity (Wildman–Crippen MR) is 110 cm³/mol. The van der Waals surface area contributed by atoms with E-state index in [2.05, 4.69) is 5.16 Å². The van der Waals surface area contributed by atoms with Crippen LogP contribution in [0.15, 0.2) is 70.3 Å². The molecule has 3 aromatic rings. The van der Waals surface area contributed by atoms with Crippen molar-refractivity contribution in [1.29, 1.82) is 0 Å². The van der Waals surface area contributed by atoms with Crippen LogP contribution in [0, 0.1) is 16.0 Å². The average Bonchev–Trinajstić information content (AvgIpc) is 3.11. The minimum absolute atomic E-state index is 0.0711. The van der Waals surface area contributed by atoms with Crippen molar-refractivity contribution in [3.63, 3.8) is 0 Å². The molecule has 0 saturated heterocycles. The number of ketones is 1. The third-order valence-corrected chi connectivity index (χ3v) is 4.76. The molecule has 0 radical (unpaired) electrons. The Bertz CT molecular complexity index is 1280. The maximum absolute atomic E-state index is 13.2. The van der Waals surface area contributed by atoms with Crippen molar-refractivity contribution >= 4 is 45.1 Å². The molecule has 4 rings (SSSR count). The van der Waals surface area contributed by atoms with Crippen LogP contribution >= 0.6 is 0 Å². The van der Waals surface area contributed by atoms with Crippen molar-refractivity contribution in [2.24, 2.45) is 11.1 Å².